The number of allylic oxidation sites excluding steroid dienone is 2. The summed E-state index contributed by atoms with van der Waals surface area (Å²) in [6.07, 6.45) is 3.46. The topological polar surface area (TPSA) is 29.1 Å². The fourth-order valence-corrected chi connectivity index (χ4v) is 2.11. The van der Waals surface area contributed by atoms with E-state index in [4.69, 9.17) is 11.6 Å². The quantitative estimate of drug-likeness (QED) is 0.858. The molecule has 90 valence electrons. The number of carbonyl (C=O) groups is 1. The van der Waals surface area contributed by atoms with E-state index in [1.807, 2.05) is 30.3 Å². The SMILES string of the molecule is CC1(C)CC=C(Nc2ccccc2Cl)C(=O)C1. The third kappa shape index (κ3) is 2.89. The molecular formula is C14H16ClNO. The van der Waals surface area contributed by atoms with E-state index in [0.717, 1.165) is 12.1 Å². The van der Waals surface area contributed by atoms with Gasteiger partial charge in [-0.25, -0.2) is 0 Å². The van der Waals surface area contributed by atoms with Crippen LogP contribution in [0.4, 0.5) is 5.69 Å². The van der Waals surface area contributed by atoms with Crippen molar-refractivity contribution in [2.75, 3.05) is 5.32 Å². The van der Waals surface area contributed by atoms with E-state index in [-0.39, 0.29) is 11.2 Å². The van der Waals surface area contributed by atoms with Gasteiger partial charge in [-0.15, -0.1) is 0 Å². The zero-order chi connectivity index (χ0) is 12.5. The van der Waals surface area contributed by atoms with Crippen LogP contribution in [0.2, 0.25) is 5.02 Å². The number of hydrogen-bond acceptors (Lipinski definition) is 2. The largest absolute Gasteiger partial charge is 0.352 e. The molecule has 0 heterocycles. The minimum Gasteiger partial charge on any atom is -0.352 e. The smallest absolute Gasteiger partial charge is 0.179 e. The number of rotatable bonds is 2. The van der Waals surface area contributed by atoms with Crippen LogP contribution in [0.25, 0.3) is 0 Å². The van der Waals surface area contributed by atoms with Gasteiger partial charge in [-0.05, 0) is 24.0 Å². The Bertz CT molecular complexity index is 477. The summed E-state index contributed by atoms with van der Waals surface area (Å²) < 4.78 is 0. The van der Waals surface area contributed by atoms with E-state index >= 15 is 0 Å². The van der Waals surface area contributed by atoms with Crippen LogP contribution in [-0.2, 0) is 4.79 Å². The van der Waals surface area contributed by atoms with Crippen molar-refractivity contribution >= 4 is 23.1 Å². The number of benzene rings is 1. The highest BCUT2D eigenvalue weighted by Crippen LogP contribution is 2.33. The molecule has 0 bridgehead atoms. The predicted octanol–water partition coefficient (Wildman–Crippen LogP) is 4.02. The molecular weight excluding hydrogens is 234 g/mol. The normalized spacial score (nSPS) is 18.8. The average Bonchev–Trinajstić information content (AvgIpc) is 2.24. The van der Waals surface area contributed by atoms with Gasteiger partial charge in [-0.3, -0.25) is 4.79 Å². The Morgan fingerprint density at radius 3 is 2.65 bits per heavy atom. The lowest BCUT2D eigenvalue weighted by Gasteiger charge is -2.27. The van der Waals surface area contributed by atoms with Gasteiger partial charge in [-0.2, -0.15) is 0 Å². The van der Waals surface area contributed by atoms with Gasteiger partial charge < -0.3 is 5.32 Å². The van der Waals surface area contributed by atoms with Crippen molar-refractivity contribution in [1.82, 2.24) is 0 Å². The van der Waals surface area contributed by atoms with Crippen LogP contribution in [-0.4, -0.2) is 5.78 Å². The van der Waals surface area contributed by atoms with Crippen LogP contribution < -0.4 is 5.32 Å². The molecule has 0 saturated heterocycles. The first-order valence-electron chi connectivity index (χ1n) is 5.73. The number of anilines is 1. The summed E-state index contributed by atoms with van der Waals surface area (Å²) in [5.74, 6) is 0.154. The number of para-hydroxylation sites is 1. The molecule has 1 aromatic carbocycles. The van der Waals surface area contributed by atoms with Crippen molar-refractivity contribution in [3.8, 4) is 0 Å². The van der Waals surface area contributed by atoms with Crippen molar-refractivity contribution in [2.45, 2.75) is 26.7 Å². The zero-order valence-corrected chi connectivity index (χ0v) is 10.8. The van der Waals surface area contributed by atoms with Gasteiger partial charge in [0.15, 0.2) is 5.78 Å². The van der Waals surface area contributed by atoms with Crippen LogP contribution in [0.3, 0.4) is 0 Å². The molecule has 1 aliphatic carbocycles. The highest BCUT2D eigenvalue weighted by Gasteiger charge is 2.27. The predicted molar refractivity (Wildman–Crippen MR) is 71.2 cm³/mol. The number of hydrogen-bond donors (Lipinski definition) is 1. The summed E-state index contributed by atoms with van der Waals surface area (Å²) in [5.41, 5.74) is 1.52. The van der Waals surface area contributed by atoms with E-state index in [1.54, 1.807) is 0 Å². The monoisotopic (exact) mass is 249 g/mol. The Balaban J connectivity index is 2.18. The molecule has 1 aliphatic rings. The molecule has 0 fully saturated rings. The molecule has 0 radical (unpaired) electrons. The van der Waals surface area contributed by atoms with E-state index < -0.39 is 0 Å². The van der Waals surface area contributed by atoms with Gasteiger partial charge in [0.2, 0.25) is 0 Å². The van der Waals surface area contributed by atoms with Crippen LogP contribution in [0, 0.1) is 5.41 Å². The van der Waals surface area contributed by atoms with Gasteiger partial charge in [-0.1, -0.05) is 43.7 Å². The van der Waals surface area contributed by atoms with Gasteiger partial charge in [0.25, 0.3) is 0 Å². The molecule has 0 aliphatic heterocycles. The third-order valence-corrected chi connectivity index (χ3v) is 3.27. The first-order chi connectivity index (χ1) is 7.98. The molecule has 0 amide bonds. The van der Waals surface area contributed by atoms with Crippen LogP contribution >= 0.6 is 11.6 Å². The maximum Gasteiger partial charge on any atom is 0.179 e. The summed E-state index contributed by atoms with van der Waals surface area (Å²) in [4.78, 5) is 12.0. The highest BCUT2D eigenvalue weighted by molar-refractivity contribution is 6.33. The summed E-state index contributed by atoms with van der Waals surface area (Å²) in [6, 6.07) is 7.44. The van der Waals surface area contributed by atoms with Crippen LogP contribution in [0.1, 0.15) is 26.7 Å². The summed E-state index contributed by atoms with van der Waals surface area (Å²) in [7, 11) is 0. The fraction of sp³-hybridized carbons (Fsp3) is 0.357. The number of Topliss-reactive ketones (excluding diaryl/α,β-unsaturated/α-hetero) is 1. The molecule has 17 heavy (non-hydrogen) atoms. The molecule has 0 aromatic heterocycles. The van der Waals surface area contributed by atoms with Crippen molar-refractivity contribution < 1.29 is 4.79 Å². The Morgan fingerprint density at radius 1 is 1.29 bits per heavy atom. The van der Waals surface area contributed by atoms with E-state index in [0.29, 0.717) is 17.1 Å². The molecule has 1 N–H and O–H groups in total. The number of ketones is 1. The Morgan fingerprint density at radius 2 is 2.00 bits per heavy atom. The van der Waals surface area contributed by atoms with E-state index in [2.05, 4.69) is 19.2 Å². The summed E-state index contributed by atoms with van der Waals surface area (Å²) in [6.45, 7) is 4.21. The molecule has 2 rings (SSSR count). The molecule has 1 aromatic rings. The number of nitrogens with one attached hydrogen (secondary N) is 1. The molecule has 0 spiro atoms. The second-order valence-corrected chi connectivity index (χ2v) is 5.60. The lowest BCUT2D eigenvalue weighted by molar-refractivity contribution is -0.117. The molecule has 3 heteroatoms. The lowest BCUT2D eigenvalue weighted by atomic mass is 9.79. The summed E-state index contributed by atoms with van der Waals surface area (Å²) in [5, 5.41) is 3.75. The fourth-order valence-electron chi connectivity index (χ4n) is 1.92. The summed E-state index contributed by atoms with van der Waals surface area (Å²) >= 11 is 6.05. The standard InChI is InChI=1S/C14H16ClNO/c1-14(2)8-7-12(13(17)9-14)16-11-6-4-3-5-10(11)15/h3-7,16H,8-9H2,1-2H3. The van der Waals surface area contributed by atoms with Crippen molar-refractivity contribution in [1.29, 1.82) is 0 Å². The molecule has 0 atom stereocenters. The Labute approximate surface area is 107 Å². The minimum atomic E-state index is 0.0722. The second-order valence-electron chi connectivity index (χ2n) is 5.19. The molecule has 0 saturated carbocycles. The van der Waals surface area contributed by atoms with Gasteiger partial charge >= 0.3 is 0 Å². The van der Waals surface area contributed by atoms with Gasteiger partial charge in [0.05, 0.1) is 16.4 Å². The van der Waals surface area contributed by atoms with Crippen molar-refractivity contribution in [3.63, 3.8) is 0 Å². The van der Waals surface area contributed by atoms with Crippen LogP contribution in [0.15, 0.2) is 36.0 Å². The maximum absolute atomic E-state index is 12.0. The second kappa shape index (κ2) is 4.53. The Hall–Kier alpha value is -1.28. The van der Waals surface area contributed by atoms with Crippen molar-refractivity contribution in [3.05, 3.63) is 41.1 Å². The zero-order valence-electron chi connectivity index (χ0n) is 10.1. The van der Waals surface area contributed by atoms with E-state index in [9.17, 15) is 4.79 Å². The lowest BCUT2D eigenvalue weighted by Crippen LogP contribution is -2.25. The minimum absolute atomic E-state index is 0.0722. The number of halogens is 1. The van der Waals surface area contributed by atoms with E-state index in [1.165, 1.54) is 0 Å². The first-order valence-corrected chi connectivity index (χ1v) is 6.11. The maximum atomic E-state index is 12.0. The molecule has 2 nitrogen and oxygen atoms in total. The van der Waals surface area contributed by atoms with Gasteiger partial charge in [0.1, 0.15) is 0 Å². The third-order valence-electron chi connectivity index (χ3n) is 2.94. The van der Waals surface area contributed by atoms with Crippen LogP contribution in [0.5, 0.6) is 0 Å². The first kappa shape index (κ1) is 12.2. The van der Waals surface area contributed by atoms with Gasteiger partial charge in [0, 0.05) is 6.42 Å². The highest BCUT2D eigenvalue weighted by atomic mass is 35.5. The Kier molecular flexibility index (Phi) is 3.25. The van der Waals surface area contributed by atoms with Crippen molar-refractivity contribution in [2.24, 2.45) is 5.41 Å². The number of carbonyl (C=O) groups excluding carboxylic acids is 1. The molecule has 0 unspecified atom stereocenters. The average molecular weight is 250 g/mol.